The van der Waals surface area contributed by atoms with Crippen LogP contribution in [-0.2, 0) is 20.2 Å². The summed E-state index contributed by atoms with van der Waals surface area (Å²) in [5.74, 6) is -3.69. The minimum atomic E-state index is -3.92. The topological polar surface area (TPSA) is 43.4 Å². The normalized spacial score (nSPS) is 21.6. The second kappa shape index (κ2) is 4.44. The van der Waals surface area contributed by atoms with Crippen LogP contribution in [0.15, 0.2) is 30.3 Å². The van der Waals surface area contributed by atoms with E-state index in [-0.39, 0.29) is 11.3 Å². The molecule has 3 nitrogen and oxygen atoms in total. The van der Waals surface area contributed by atoms with Gasteiger partial charge < -0.3 is 0 Å². The number of hydrogen-bond donors (Lipinski definition) is 0. The summed E-state index contributed by atoms with van der Waals surface area (Å²) < 4.78 is 55.3. The Bertz CT molecular complexity index is 579. The van der Waals surface area contributed by atoms with Crippen molar-refractivity contribution in [3.63, 3.8) is 0 Å². The van der Waals surface area contributed by atoms with Gasteiger partial charge in [-0.1, -0.05) is 30.3 Å². The van der Waals surface area contributed by atoms with E-state index in [2.05, 4.69) is 4.18 Å². The molecule has 1 aromatic rings. The minimum Gasteiger partial charge on any atom is -0.256 e. The maximum Gasteiger partial charge on any atom is 0.304 e. The molecule has 0 saturated heterocycles. The number of halogens is 2. The van der Waals surface area contributed by atoms with Gasteiger partial charge in [-0.2, -0.15) is 17.2 Å². The summed E-state index contributed by atoms with van der Waals surface area (Å²) in [7, 11) is -3.92. The van der Waals surface area contributed by atoms with Crippen molar-refractivity contribution in [2.75, 3.05) is 5.75 Å². The first-order chi connectivity index (χ1) is 8.37. The first-order valence-electron chi connectivity index (χ1n) is 5.43. The van der Waals surface area contributed by atoms with Crippen LogP contribution >= 0.6 is 0 Å². The Balaban J connectivity index is 2.39. The van der Waals surface area contributed by atoms with Crippen molar-refractivity contribution in [1.29, 1.82) is 0 Å². The lowest BCUT2D eigenvalue weighted by atomic mass is 9.92. The first kappa shape index (κ1) is 13.2. The molecule has 1 aromatic carbocycles. The lowest BCUT2D eigenvalue weighted by molar-refractivity contribution is -0.0810. The average Bonchev–Trinajstić information content (AvgIpc) is 2.33. The summed E-state index contributed by atoms with van der Waals surface area (Å²) in [4.78, 5) is 0. The summed E-state index contributed by atoms with van der Waals surface area (Å²) in [5, 5.41) is 0. The molecule has 0 fully saturated rings. The Morgan fingerprint density at radius 2 is 2.00 bits per heavy atom. The van der Waals surface area contributed by atoms with Gasteiger partial charge in [-0.3, -0.25) is 4.18 Å². The summed E-state index contributed by atoms with van der Waals surface area (Å²) in [5.41, 5.74) is 0.153. The highest BCUT2D eigenvalue weighted by atomic mass is 32.2. The second-order valence-corrected chi connectivity index (χ2v) is 5.82. The predicted octanol–water partition coefficient (Wildman–Crippen LogP) is 2.54. The molecule has 0 heterocycles. The van der Waals surface area contributed by atoms with Crippen LogP contribution in [0.4, 0.5) is 8.78 Å². The van der Waals surface area contributed by atoms with E-state index in [1.807, 2.05) is 0 Å². The quantitative estimate of drug-likeness (QED) is 0.795. The van der Waals surface area contributed by atoms with Gasteiger partial charge >= 0.3 is 5.92 Å². The van der Waals surface area contributed by atoms with Gasteiger partial charge in [0.1, 0.15) is 0 Å². The van der Waals surface area contributed by atoms with Crippen molar-refractivity contribution in [3.8, 4) is 0 Å². The van der Waals surface area contributed by atoms with Crippen LogP contribution in [0.1, 0.15) is 18.1 Å². The second-order valence-electron chi connectivity index (χ2n) is 3.93. The molecule has 0 N–H and O–H groups in total. The maximum absolute atomic E-state index is 14.1. The van der Waals surface area contributed by atoms with E-state index in [4.69, 9.17) is 0 Å². The monoisotopic (exact) mass is 274 g/mol. The lowest BCUT2D eigenvalue weighted by Crippen LogP contribution is -2.36. The van der Waals surface area contributed by atoms with Crippen LogP contribution in [0.2, 0.25) is 0 Å². The first-order valence-corrected chi connectivity index (χ1v) is 7.01. The molecule has 0 bridgehead atoms. The molecule has 0 amide bonds. The number of fused-ring (bicyclic) bond motifs is 1. The molecule has 1 atom stereocenters. The zero-order chi connectivity index (χ0) is 13.4. The Hall–Kier alpha value is -1.27. The van der Waals surface area contributed by atoms with Crippen LogP contribution in [0.25, 0.3) is 6.08 Å². The van der Waals surface area contributed by atoms with Crippen molar-refractivity contribution in [1.82, 2.24) is 0 Å². The third-order valence-corrected chi connectivity index (χ3v) is 3.94. The Labute approximate surface area is 104 Å². The molecular formula is C12H12F2O3S. The van der Waals surface area contributed by atoms with E-state index < -0.39 is 22.1 Å². The van der Waals surface area contributed by atoms with Crippen molar-refractivity contribution >= 4 is 16.2 Å². The van der Waals surface area contributed by atoms with Gasteiger partial charge in [-0.15, -0.1) is 0 Å². The van der Waals surface area contributed by atoms with E-state index >= 15 is 0 Å². The van der Waals surface area contributed by atoms with Gasteiger partial charge in [0.2, 0.25) is 0 Å². The zero-order valence-electron chi connectivity index (χ0n) is 9.64. The molecule has 0 saturated carbocycles. The van der Waals surface area contributed by atoms with Gasteiger partial charge in [0.25, 0.3) is 10.1 Å². The summed E-state index contributed by atoms with van der Waals surface area (Å²) in [6.07, 6.45) is 0.746. The fourth-order valence-corrected chi connectivity index (χ4v) is 2.37. The van der Waals surface area contributed by atoms with Crippen LogP contribution < -0.4 is 0 Å². The SMILES string of the molecule is CCS(=O)(=O)OC1C=Cc2ccccc2C1(F)F. The molecule has 0 aromatic heterocycles. The number of hydrogen-bond acceptors (Lipinski definition) is 3. The highest BCUT2D eigenvalue weighted by molar-refractivity contribution is 7.86. The van der Waals surface area contributed by atoms with E-state index in [1.165, 1.54) is 25.1 Å². The summed E-state index contributed by atoms with van der Waals surface area (Å²) >= 11 is 0. The van der Waals surface area contributed by atoms with E-state index in [1.54, 1.807) is 12.1 Å². The van der Waals surface area contributed by atoms with Crippen LogP contribution in [0, 0.1) is 0 Å². The Kier molecular flexibility index (Phi) is 3.25. The molecule has 18 heavy (non-hydrogen) atoms. The Morgan fingerprint density at radius 3 is 2.67 bits per heavy atom. The third kappa shape index (κ3) is 2.30. The summed E-state index contributed by atoms with van der Waals surface area (Å²) in [6.45, 7) is 1.34. The number of rotatable bonds is 3. The average molecular weight is 274 g/mol. The molecule has 0 spiro atoms. The number of benzene rings is 1. The van der Waals surface area contributed by atoms with Gasteiger partial charge in [0.15, 0.2) is 6.10 Å². The van der Waals surface area contributed by atoms with E-state index in [0.29, 0.717) is 5.56 Å². The standard InChI is InChI=1S/C12H12F2O3S/c1-2-18(15,16)17-11-8-7-9-5-3-4-6-10(9)12(11,13)14/h3-8,11H,2H2,1H3. The Morgan fingerprint density at radius 1 is 1.33 bits per heavy atom. The molecule has 6 heteroatoms. The van der Waals surface area contributed by atoms with Crippen LogP contribution in [0.3, 0.4) is 0 Å². The fraction of sp³-hybridized carbons (Fsp3) is 0.333. The highest BCUT2D eigenvalue weighted by Crippen LogP contribution is 2.40. The molecule has 0 radical (unpaired) electrons. The molecule has 98 valence electrons. The fourth-order valence-electron chi connectivity index (χ4n) is 1.73. The van der Waals surface area contributed by atoms with Crippen molar-refractivity contribution < 1.29 is 21.4 Å². The lowest BCUT2D eigenvalue weighted by Gasteiger charge is -2.28. The smallest absolute Gasteiger partial charge is 0.256 e. The third-order valence-electron chi connectivity index (χ3n) is 2.73. The van der Waals surface area contributed by atoms with Crippen LogP contribution in [0.5, 0.6) is 0 Å². The van der Waals surface area contributed by atoms with Gasteiger partial charge in [0.05, 0.1) is 5.75 Å². The van der Waals surface area contributed by atoms with Gasteiger partial charge in [-0.25, -0.2) is 0 Å². The summed E-state index contributed by atoms with van der Waals surface area (Å²) in [6, 6.07) is 5.94. The van der Waals surface area contributed by atoms with Gasteiger partial charge in [0, 0.05) is 5.56 Å². The van der Waals surface area contributed by atoms with E-state index in [9.17, 15) is 17.2 Å². The highest BCUT2D eigenvalue weighted by Gasteiger charge is 2.46. The maximum atomic E-state index is 14.1. The molecule has 1 aliphatic carbocycles. The van der Waals surface area contributed by atoms with E-state index in [0.717, 1.165) is 6.08 Å². The van der Waals surface area contributed by atoms with Crippen molar-refractivity contribution in [3.05, 3.63) is 41.5 Å². The van der Waals surface area contributed by atoms with Crippen molar-refractivity contribution in [2.45, 2.75) is 19.0 Å². The minimum absolute atomic E-state index is 0.219. The van der Waals surface area contributed by atoms with Crippen LogP contribution in [-0.4, -0.2) is 20.3 Å². The largest absolute Gasteiger partial charge is 0.304 e. The molecular weight excluding hydrogens is 262 g/mol. The molecule has 0 aliphatic heterocycles. The van der Waals surface area contributed by atoms with Crippen molar-refractivity contribution in [2.24, 2.45) is 0 Å². The molecule has 1 unspecified atom stereocenters. The molecule has 2 rings (SSSR count). The van der Waals surface area contributed by atoms with Gasteiger partial charge in [-0.05, 0) is 18.6 Å². The number of alkyl halides is 2. The predicted molar refractivity (Wildman–Crippen MR) is 63.7 cm³/mol. The zero-order valence-corrected chi connectivity index (χ0v) is 10.5. The molecule has 1 aliphatic rings.